The van der Waals surface area contributed by atoms with E-state index in [-0.39, 0.29) is 5.41 Å². The van der Waals surface area contributed by atoms with Gasteiger partial charge in [-0.2, -0.15) is 0 Å². The number of amides is 1. The molecule has 120 valence electrons. The summed E-state index contributed by atoms with van der Waals surface area (Å²) in [6.07, 6.45) is 5.15. The van der Waals surface area contributed by atoms with E-state index in [1.54, 1.807) is 0 Å². The molecule has 1 aromatic carbocycles. The SMILES string of the molecule is CC1(C(=O)N2CCC(Cc3ccccc3)CC2)CCOCC1. The molecule has 3 nitrogen and oxygen atoms in total. The number of piperidine rings is 1. The van der Waals surface area contributed by atoms with Crippen molar-refractivity contribution >= 4 is 5.91 Å². The zero-order valence-electron chi connectivity index (χ0n) is 13.6. The highest BCUT2D eigenvalue weighted by atomic mass is 16.5. The van der Waals surface area contributed by atoms with E-state index in [1.807, 2.05) is 0 Å². The van der Waals surface area contributed by atoms with Gasteiger partial charge < -0.3 is 9.64 Å². The van der Waals surface area contributed by atoms with Gasteiger partial charge in [-0.15, -0.1) is 0 Å². The first-order chi connectivity index (χ1) is 10.7. The number of hydrogen-bond acceptors (Lipinski definition) is 2. The number of likely N-dealkylation sites (tertiary alicyclic amines) is 1. The molecule has 2 saturated heterocycles. The van der Waals surface area contributed by atoms with Gasteiger partial charge >= 0.3 is 0 Å². The van der Waals surface area contributed by atoms with E-state index in [4.69, 9.17) is 4.74 Å². The Hall–Kier alpha value is -1.35. The summed E-state index contributed by atoms with van der Waals surface area (Å²) in [5.41, 5.74) is 1.23. The number of carbonyl (C=O) groups is 1. The Kier molecular flexibility index (Phi) is 4.82. The van der Waals surface area contributed by atoms with E-state index in [9.17, 15) is 4.79 Å². The van der Waals surface area contributed by atoms with Gasteiger partial charge in [0, 0.05) is 26.3 Å². The average Bonchev–Trinajstić information content (AvgIpc) is 2.56. The van der Waals surface area contributed by atoms with Crippen LogP contribution in [0.25, 0.3) is 0 Å². The van der Waals surface area contributed by atoms with Gasteiger partial charge in [0.25, 0.3) is 0 Å². The Balaban J connectivity index is 1.52. The second-order valence-electron chi connectivity index (χ2n) is 7.10. The Labute approximate surface area is 133 Å². The van der Waals surface area contributed by atoms with Crippen LogP contribution < -0.4 is 0 Å². The van der Waals surface area contributed by atoms with Gasteiger partial charge in [-0.1, -0.05) is 37.3 Å². The van der Waals surface area contributed by atoms with Crippen LogP contribution in [0, 0.1) is 11.3 Å². The summed E-state index contributed by atoms with van der Waals surface area (Å²) >= 11 is 0. The van der Waals surface area contributed by atoms with Gasteiger partial charge in [-0.25, -0.2) is 0 Å². The third-order valence-electron chi connectivity index (χ3n) is 5.38. The molecule has 3 rings (SSSR count). The van der Waals surface area contributed by atoms with Crippen molar-refractivity contribution < 1.29 is 9.53 Å². The number of hydrogen-bond donors (Lipinski definition) is 0. The maximum Gasteiger partial charge on any atom is 0.228 e. The Morgan fingerprint density at radius 2 is 1.82 bits per heavy atom. The van der Waals surface area contributed by atoms with Crippen LogP contribution in [-0.4, -0.2) is 37.1 Å². The summed E-state index contributed by atoms with van der Waals surface area (Å²) in [4.78, 5) is 14.9. The normalized spacial score (nSPS) is 22.5. The number of nitrogens with zero attached hydrogens (tertiary/aromatic N) is 1. The number of ether oxygens (including phenoxy) is 1. The summed E-state index contributed by atoms with van der Waals surface area (Å²) in [5.74, 6) is 1.07. The van der Waals surface area contributed by atoms with Gasteiger partial charge in [-0.05, 0) is 43.6 Å². The highest BCUT2D eigenvalue weighted by Gasteiger charge is 2.39. The number of benzene rings is 1. The van der Waals surface area contributed by atoms with Crippen LogP contribution >= 0.6 is 0 Å². The van der Waals surface area contributed by atoms with Crippen LogP contribution in [0.3, 0.4) is 0 Å². The molecule has 22 heavy (non-hydrogen) atoms. The van der Waals surface area contributed by atoms with Crippen LogP contribution in [0.2, 0.25) is 0 Å². The first kappa shape index (κ1) is 15.5. The summed E-state index contributed by atoms with van der Waals surface area (Å²) in [6, 6.07) is 10.7. The van der Waals surface area contributed by atoms with E-state index in [1.165, 1.54) is 5.56 Å². The lowest BCUT2D eigenvalue weighted by Gasteiger charge is -2.40. The predicted molar refractivity (Wildman–Crippen MR) is 87.6 cm³/mol. The fraction of sp³-hybridized carbons (Fsp3) is 0.632. The minimum Gasteiger partial charge on any atom is -0.381 e. The van der Waals surface area contributed by atoms with E-state index >= 15 is 0 Å². The molecule has 0 unspecified atom stereocenters. The lowest BCUT2D eigenvalue weighted by molar-refractivity contribution is -0.148. The molecule has 2 heterocycles. The van der Waals surface area contributed by atoms with Crippen LogP contribution in [-0.2, 0) is 16.0 Å². The second-order valence-corrected chi connectivity index (χ2v) is 7.10. The third kappa shape index (κ3) is 3.52. The van der Waals surface area contributed by atoms with Crippen molar-refractivity contribution in [2.75, 3.05) is 26.3 Å². The monoisotopic (exact) mass is 301 g/mol. The molecule has 0 aliphatic carbocycles. The van der Waals surface area contributed by atoms with Crippen molar-refractivity contribution in [3.63, 3.8) is 0 Å². The van der Waals surface area contributed by atoms with Gasteiger partial charge in [-0.3, -0.25) is 4.79 Å². The van der Waals surface area contributed by atoms with Gasteiger partial charge in [0.05, 0.1) is 5.41 Å². The largest absolute Gasteiger partial charge is 0.381 e. The Bertz CT molecular complexity index is 485. The zero-order chi connectivity index (χ0) is 15.4. The Morgan fingerprint density at radius 3 is 2.45 bits per heavy atom. The molecule has 2 aliphatic heterocycles. The molecule has 0 radical (unpaired) electrons. The van der Waals surface area contributed by atoms with Crippen molar-refractivity contribution in [2.45, 2.75) is 39.0 Å². The standard InChI is InChI=1S/C19H27NO2/c1-19(9-13-22-14-10-19)18(21)20-11-7-17(8-12-20)15-16-5-3-2-4-6-16/h2-6,17H,7-15H2,1H3. The summed E-state index contributed by atoms with van der Waals surface area (Å²) in [7, 11) is 0. The van der Waals surface area contributed by atoms with Crippen molar-refractivity contribution in [3.8, 4) is 0 Å². The molecule has 0 saturated carbocycles. The van der Waals surface area contributed by atoms with Crippen molar-refractivity contribution in [1.29, 1.82) is 0 Å². The van der Waals surface area contributed by atoms with Crippen LogP contribution in [0.4, 0.5) is 0 Å². The van der Waals surface area contributed by atoms with Crippen molar-refractivity contribution in [3.05, 3.63) is 35.9 Å². The maximum absolute atomic E-state index is 12.8. The quantitative estimate of drug-likeness (QED) is 0.857. The number of carbonyl (C=O) groups excluding carboxylic acids is 1. The first-order valence-electron chi connectivity index (χ1n) is 8.58. The number of rotatable bonds is 3. The second kappa shape index (κ2) is 6.82. The molecule has 3 heteroatoms. The minimum absolute atomic E-state index is 0.190. The highest BCUT2D eigenvalue weighted by molar-refractivity contribution is 5.82. The molecule has 0 N–H and O–H groups in total. The Morgan fingerprint density at radius 1 is 1.18 bits per heavy atom. The molecule has 0 spiro atoms. The molecule has 0 aromatic heterocycles. The smallest absolute Gasteiger partial charge is 0.228 e. The lowest BCUT2D eigenvalue weighted by Crippen LogP contribution is -2.48. The van der Waals surface area contributed by atoms with Crippen LogP contribution in [0.1, 0.15) is 38.2 Å². The predicted octanol–water partition coefficient (Wildman–Crippen LogP) is 3.28. The molecule has 1 amide bonds. The van der Waals surface area contributed by atoms with E-state index < -0.39 is 0 Å². The first-order valence-corrected chi connectivity index (χ1v) is 8.58. The molecular formula is C19H27NO2. The average molecular weight is 301 g/mol. The molecule has 2 aliphatic rings. The summed E-state index contributed by atoms with van der Waals surface area (Å²) in [6.45, 7) is 5.42. The minimum atomic E-state index is -0.190. The van der Waals surface area contributed by atoms with Gasteiger partial charge in [0.1, 0.15) is 0 Å². The highest BCUT2D eigenvalue weighted by Crippen LogP contribution is 2.33. The van der Waals surface area contributed by atoms with E-state index in [2.05, 4.69) is 42.2 Å². The molecular weight excluding hydrogens is 274 g/mol. The molecule has 2 fully saturated rings. The van der Waals surface area contributed by atoms with E-state index in [0.717, 1.165) is 58.4 Å². The van der Waals surface area contributed by atoms with Gasteiger partial charge in [0.15, 0.2) is 0 Å². The molecule has 0 bridgehead atoms. The summed E-state index contributed by atoms with van der Waals surface area (Å²) < 4.78 is 5.42. The van der Waals surface area contributed by atoms with Gasteiger partial charge in [0.2, 0.25) is 5.91 Å². The molecule has 1 aromatic rings. The third-order valence-corrected chi connectivity index (χ3v) is 5.38. The fourth-order valence-electron chi connectivity index (χ4n) is 3.71. The van der Waals surface area contributed by atoms with Crippen molar-refractivity contribution in [1.82, 2.24) is 4.90 Å². The zero-order valence-corrected chi connectivity index (χ0v) is 13.6. The summed E-state index contributed by atoms with van der Waals surface area (Å²) in [5, 5.41) is 0. The topological polar surface area (TPSA) is 29.5 Å². The van der Waals surface area contributed by atoms with Crippen LogP contribution in [0.15, 0.2) is 30.3 Å². The van der Waals surface area contributed by atoms with Crippen molar-refractivity contribution in [2.24, 2.45) is 11.3 Å². The fourth-order valence-corrected chi connectivity index (χ4v) is 3.71. The van der Waals surface area contributed by atoms with Crippen LogP contribution in [0.5, 0.6) is 0 Å². The molecule has 0 atom stereocenters. The van der Waals surface area contributed by atoms with E-state index in [0.29, 0.717) is 11.8 Å². The maximum atomic E-state index is 12.8. The lowest BCUT2D eigenvalue weighted by atomic mass is 9.80.